The Hall–Kier alpha value is -3.42. The van der Waals surface area contributed by atoms with Crippen molar-refractivity contribution >= 4 is 29.1 Å². The van der Waals surface area contributed by atoms with Gasteiger partial charge in [0.2, 0.25) is 0 Å². The Morgan fingerprint density at radius 1 is 1.08 bits per heavy atom. The predicted octanol–water partition coefficient (Wildman–Crippen LogP) is 4.72. The van der Waals surface area contributed by atoms with Crippen molar-refractivity contribution in [2.24, 2.45) is 23.0 Å². The summed E-state index contributed by atoms with van der Waals surface area (Å²) in [7, 11) is 0. The second kappa shape index (κ2) is 10.6. The van der Waals surface area contributed by atoms with Gasteiger partial charge in [-0.15, -0.1) is 0 Å². The molecule has 0 spiro atoms. The number of amides is 2. The second-order valence-electron chi connectivity index (χ2n) is 12.8. The van der Waals surface area contributed by atoms with Crippen LogP contribution >= 0.6 is 0 Å². The number of anilines is 2. The largest absolute Gasteiger partial charge is 0.384 e. The van der Waals surface area contributed by atoms with E-state index in [4.69, 9.17) is 5.73 Å². The minimum atomic E-state index is -0.514. The molecule has 2 amide bonds. The summed E-state index contributed by atoms with van der Waals surface area (Å²) in [6.07, 6.45) is 7.73. The first-order chi connectivity index (χ1) is 18.5. The van der Waals surface area contributed by atoms with E-state index in [0.717, 1.165) is 56.5 Å². The van der Waals surface area contributed by atoms with Gasteiger partial charge in [0.1, 0.15) is 5.82 Å². The molecule has 3 fully saturated rings. The molecule has 3 atom stereocenters. The number of aromatic nitrogens is 1. The quantitative estimate of drug-likeness (QED) is 0.425. The van der Waals surface area contributed by atoms with Crippen molar-refractivity contribution in [3.05, 3.63) is 52.7 Å². The van der Waals surface area contributed by atoms with Gasteiger partial charge in [-0.3, -0.25) is 14.4 Å². The highest BCUT2D eigenvalue weighted by atomic mass is 16.2. The number of carbonyl (C=O) groups is 3. The number of benzene rings is 1. The highest BCUT2D eigenvalue weighted by Gasteiger charge is 2.41. The van der Waals surface area contributed by atoms with Gasteiger partial charge in [0.15, 0.2) is 5.78 Å². The molecular weight excluding hydrogens is 490 g/mol. The topological polar surface area (TPSA) is 117 Å². The van der Waals surface area contributed by atoms with Crippen LogP contribution in [-0.4, -0.2) is 47.8 Å². The van der Waals surface area contributed by atoms with Crippen LogP contribution in [0.2, 0.25) is 0 Å². The van der Waals surface area contributed by atoms with E-state index in [-0.39, 0.29) is 29.1 Å². The zero-order valence-corrected chi connectivity index (χ0v) is 23.5. The van der Waals surface area contributed by atoms with Gasteiger partial charge >= 0.3 is 0 Å². The minimum absolute atomic E-state index is 0.00380. The van der Waals surface area contributed by atoms with Gasteiger partial charge < -0.3 is 21.3 Å². The molecule has 2 saturated carbocycles. The number of hydrogen-bond acceptors (Lipinski definition) is 6. The number of Topliss-reactive ketones (excluding diaryl/α,β-unsaturated/α-hetero) is 1. The van der Waals surface area contributed by atoms with E-state index in [9.17, 15) is 14.4 Å². The Morgan fingerprint density at radius 3 is 2.49 bits per heavy atom. The van der Waals surface area contributed by atoms with Crippen LogP contribution in [0.4, 0.5) is 11.5 Å². The molecule has 4 N–H and O–H groups in total. The number of aryl methyl sites for hydroxylation is 1. The Bertz CT molecular complexity index is 1260. The smallest absolute Gasteiger partial charge is 0.251 e. The molecule has 3 aliphatic rings. The van der Waals surface area contributed by atoms with Gasteiger partial charge in [0.05, 0.1) is 5.56 Å². The van der Waals surface area contributed by atoms with Crippen molar-refractivity contribution < 1.29 is 14.4 Å². The van der Waals surface area contributed by atoms with Crippen LogP contribution < -0.4 is 21.3 Å². The summed E-state index contributed by atoms with van der Waals surface area (Å²) in [5, 5.41) is 6.60. The highest BCUT2D eigenvalue weighted by Crippen LogP contribution is 2.39. The number of primary amides is 1. The molecule has 8 heteroatoms. The van der Waals surface area contributed by atoms with Crippen LogP contribution in [0.5, 0.6) is 0 Å². The van der Waals surface area contributed by atoms with Gasteiger partial charge in [-0.25, -0.2) is 4.98 Å². The number of nitrogens with one attached hydrogen (secondary N) is 2. The van der Waals surface area contributed by atoms with Gasteiger partial charge in [0, 0.05) is 54.1 Å². The predicted molar refractivity (Wildman–Crippen MR) is 153 cm³/mol. The Kier molecular flexibility index (Phi) is 7.40. The monoisotopic (exact) mass is 531 g/mol. The van der Waals surface area contributed by atoms with E-state index < -0.39 is 5.91 Å². The van der Waals surface area contributed by atoms with Crippen LogP contribution in [0.1, 0.15) is 95.9 Å². The number of carbonyl (C=O) groups excluding carboxylic acids is 3. The zero-order chi connectivity index (χ0) is 27.9. The van der Waals surface area contributed by atoms with E-state index in [1.807, 2.05) is 19.1 Å². The maximum Gasteiger partial charge on any atom is 0.251 e. The van der Waals surface area contributed by atoms with Crippen LogP contribution in [0, 0.1) is 24.2 Å². The first-order valence-corrected chi connectivity index (χ1v) is 14.3. The lowest BCUT2D eigenvalue weighted by Gasteiger charge is -2.38. The molecular formula is C31H41N5O3. The third kappa shape index (κ3) is 6.10. The van der Waals surface area contributed by atoms with Crippen LogP contribution in [0.25, 0.3) is 0 Å². The molecule has 3 unspecified atom stereocenters. The normalized spacial score (nSPS) is 22.8. The van der Waals surface area contributed by atoms with Gasteiger partial charge in [-0.2, -0.15) is 0 Å². The standard InChI is InChI=1S/C31H41N5O3/c1-18-12-24(29(32)38)25(34-17-31(2,3)4)15-23(18)30(39)35-22-13-20-6-5-11-36(26(20)14-22)27-10-9-21(16-33-27)28(37)19-7-8-19/h9-10,12,15-16,19-20,22,26,34H,5-8,11,13-14,17H2,1-4H3,(H2,32,38)(H,35,39). The first kappa shape index (κ1) is 27.2. The molecule has 5 rings (SSSR count). The molecule has 1 aromatic carbocycles. The van der Waals surface area contributed by atoms with E-state index in [2.05, 4.69) is 41.3 Å². The average molecular weight is 532 g/mol. The fourth-order valence-electron chi connectivity index (χ4n) is 6.10. The van der Waals surface area contributed by atoms with E-state index in [1.54, 1.807) is 18.3 Å². The Balaban J connectivity index is 1.28. The van der Waals surface area contributed by atoms with Crippen molar-refractivity contribution in [2.45, 2.75) is 78.3 Å². The Morgan fingerprint density at radius 2 is 1.85 bits per heavy atom. The van der Waals surface area contributed by atoms with Gasteiger partial charge in [-0.05, 0) is 86.6 Å². The van der Waals surface area contributed by atoms with Crippen LogP contribution in [0.3, 0.4) is 0 Å². The second-order valence-corrected chi connectivity index (χ2v) is 12.8. The van der Waals surface area contributed by atoms with Crippen molar-refractivity contribution in [3.63, 3.8) is 0 Å². The van der Waals surface area contributed by atoms with E-state index in [1.165, 1.54) is 0 Å². The SMILES string of the molecule is Cc1cc(C(N)=O)c(NCC(C)(C)C)cc1C(=O)NC1CC2CCCN(c3ccc(C(=O)C4CC4)cn3)C2C1. The molecule has 39 heavy (non-hydrogen) atoms. The van der Waals surface area contributed by atoms with Crippen molar-refractivity contribution in [2.75, 3.05) is 23.3 Å². The number of nitrogens with zero attached hydrogens (tertiary/aromatic N) is 2. The lowest BCUT2D eigenvalue weighted by Crippen LogP contribution is -2.43. The number of pyridine rings is 1. The molecule has 1 aromatic heterocycles. The van der Waals surface area contributed by atoms with Crippen LogP contribution in [-0.2, 0) is 0 Å². The summed E-state index contributed by atoms with van der Waals surface area (Å²) in [5.41, 5.74) is 8.62. The van der Waals surface area contributed by atoms with Crippen LogP contribution in [0.15, 0.2) is 30.5 Å². The summed E-state index contributed by atoms with van der Waals surface area (Å²) in [6.45, 7) is 9.73. The lowest BCUT2D eigenvalue weighted by molar-refractivity contribution is 0.0933. The summed E-state index contributed by atoms with van der Waals surface area (Å²) in [6, 6.07) is 7.75. The fraction of sp³-hybridized carbons (Fsp3) is 0.548. The summed E-state index contributed by atoms with van der Waals surface area (Å²) < 4.78 is 0. The maximum absolute atomic E-state index is 13.5. The van der Waals surface area contributed by atoms with Gasteiger partial charge in [-0.1, -0.05) is 20.8 Å². The van der Waals surface area contributed by atoms with Crippen molar-refractivity contribution in [3.8, 4) is 0 Å². The zero-order valence-electron chi connectivity index (χ0n) is 23.5. The molecule has 2 aliphatic carbocycles. The number of fused-ring (bicyclic) bond motifs is 1. The first-order valence-electron chi connectivity index (χ1n) is 14.3. The Labute approximate surface area is 231 Å². The summed E-state index contributed by atoms with van der Waals surface area (Å²) in [4.78, 5) is 45.0. The molecule has 0 radical (unpaired) electrons. The fourth-order valence-corrected chi connectivity index (χ4v) is 6.10. The molecule has 1 aliphatic heterocycles. The molecule has 8 nitrogen and oxygen atoms in total. The molecule has 2 heterocycles. The maximum atomic E-state index is 13.5. The number of piperidine rings is 1. The molecule has 1 saturated heterocycles. The van der Waals surface area contributed by atoms with Crippen molar-refractivity contribution in [1.82, 2.24) is 10.3 Å². The number of hydrogen-bond donors (Lipinski definition) is 3. The third-order valence-electron chi connectivity index (χ3n) is 8.33. The number of nitrogens with two attached hydrogens (primary N) is 1. The van der Waals surface area contributed by atoms with Gasteiger partial charge in [0.25, 0.3) is 11.8 Å². The number of ketones is 1. The highest BCUT2D eigenvalue weighted by molar-refractivity contribution is 6.03. The molecule has 2 aromatic rings. The van der Waals surface area contributed by atoms with E-state index in [0.29, 0.717) is 40.9 Å². The third-order valence-corrected chi connectivity index (χ3v) is 8.33. The summed E-state index contributed by atoms with van der Waals surface area (Å²) in [5.74, 6) is 1.17. The number of rotatable bonds is 8. The van der Waals surface area contributed by atoms with E-state index >= 15 is 0 Å². The average Bonchev–Trinajstić information content (AvgIpc) is 3.66. The summed E-state index contributed by atoms with van der Waals surface area (Å²) >= 11 is 0. The molecule has 0 bridgehead atoms. The van der Waals surface area contributed by atoms with Crippen molar-refractivity contribution in [1.29, 1.82) is 0 Å². The lowest BCUT2D eigenvalue weighted by atomic mass is 9.92. The minimum Gasteiger partial charge on any atom is -0.384 e. The molecule has 208 valence electrons.